The molecule has 1 aliphatic rings. The highest BCUT2D eigenvalue weighted by Crippen LogP contribution is 2.29. The van der Waals surface area contributed by atoms with Gasteiger partial charge in [0, 0.05) is 0 Å². The lowest BCUT2D eigenvalue weighted by Crippen LogP contribution is -2.41. The molecule has 1 fully saturated rings. The summed E-state index contributed by atoms with van der Waals surface area (Å²) in [6, 6.07) is -1.10. The van der Waals surface area contributed by atoms with Crippen molar-refractivity contribution in [3.63, 3.8) is 0 Å². The zero-order valence-electron chi connectivity index (χ0n) is 9.69. The first-order valence-corrected chi connectivity index (χ1v) is 5.55. The number of nitrogens with zero attached hydrogens (tertiary/aromatic N) is 1. The summed E-state index contributed by atoms with van der Waals surface area (Å²) in [4.78, 5) is 24.3. The Morgan fingerprint density at radius 1 is 1.32 bits per heavy atom. The molecule has 2 rings (SSSR count). The molecule has 106 valence electrons. The summed E-state index contributed by atoms with van der Waals surface area (Å²) in [5, 5.41) is 28.1. The van der Waals surface area contributed by atoms with E-state index in [1.807, 2.05) is 0 Å². The number of aliphatic hydroxyl groups is 3. The number of ether oxygens (including phenoxy) is 1. The third-order valence-electron chi connectivity index (χ3n) is 3.07. The van der Waals surface area contributed by atoms with E-state index < -0.39 is 54.6 Å². The zero-order valence-corrected chi connectivity index (χ0v) is 9.69. The second-order valence-electron chi connectivity index (χ2n) is 4.20. The largest absolute Gasteiger partial charge is 0.394 e. The highest BCUT2D eigenvalue weighted by Gasteiger charge is 2.44. The first kappa shape index (κ1) is 13.9. The van der Waals surface area contributed by atoms with Gasteiger partial charge in [0.2, 0.25) is 5.82 Å². The number of hydrogen-bond donors (Lipinski definition) is 4. The quantitative estimate of drug-likeness (QED) is 0.477. The van der Waals surface area contributed by atoms with Crippen molar-refractivity contribution < 1.29 is 24.4 Å². The fourth-order valence-electron chi connectivity index (χ4n) is 2.15. The van der Waals surface area contributed by atoms with Crippen LogP contribution in [0.5, 0.6) is 0 Å². The van der Waals surface area contributed by atoms with Crippen molar-refractivity contribution in [2.24, 2.45) is 0 Å². The summed E-state index contributed by atoms with van der Waals surface area (Å²) in [7, 11) is 0. The monoisotopic (exact) mass is 276 g/mol. The van der Waals surface area contributed by atoms with Crippen LogP contribution in [0, 0.1) is 5.82 Å². The maximum atomic E-state index is 13.2. The summed E-state index contributed by atoms with van der Waals surface area (Å²) in [5.74, 6) is -1.20. The van der Waals surface area contributed by atoms with E-state index in [0.29, 0.717) is 6.20 Å². The highest BCUT2D eigenvalue weighted by molar-refractivity contribution is 4.99. The van der Waals surface area contributed by atoms with E-state index in [1.165, 1.54) is 0 Å². The Morgan fingerprint density at radius 2 is 1.95 bits per heavy atom. The molecule has 1 aromatic heterocycles. The van der Waals surface area contributed by atoms with Crippen LogP contribution in [0.1, 0.15) is 6.04 Å². The Morgan fingerprint density at radius 3 is 2.53 bits per heavy atom. The summed E-state index contributed by atoms with van der Waals surface area (Å²) < 4.78 is 19.1. The topological polar surface area (TPSA) is 125 Å². The standard InChI is InChI=1S/C10H13FN2O6/c11-4-1-13(10(18)12-9(4)17)7-5(2-14)19-6(3-15)8(7)16/h1,5-8,14-16H,2-3H2,(H,12,17,18)/t5-,6-,7-,8-/m1/s1. The molecule has 19 heavy (non-hydrogen) atoms. The summed E-state index contributed by atoms with van der Waals surface area (Å²) in [6.07, 6.45) is -2.66. The van der Waals surface area contributed by atoms with Crippen molar-refractivity contribution in [1.82, 2.24) is 9.55 Å². The number of aromatic nitrogens is 2. The molecule has 0 spiro atoms. The van der Waals surface area contributed by atoms with Crippen LogP contribution in [0.25, 0.3) is 0 Å². The van der Waals surface area contributed by atoms with Gasteiger partial charge in [-0.25, -0.2) is 4.79 Å². The molecule has 4 atom stereocenters. The van der Waals surface area contributed by atoms with Crippen LogP contribution in [0.3, 0.4) is 0 Å². The molecule has 0 bridgehead atoms. The molecular formula is C10H13FN2O6. The first-order valence-electron chi connectivity index (χ1n) is 5.55. The molecule has 4 N–H and O–H groups in total. The second kappa shape index (κ2) is 5.21. The molecule has 1 aliphatic heterocycles. The average Bonchev–Trinajstić information content (AvgIpc) is 2.70. The molecule has 0 aliphatic carbocycles. The number of halogens is 1. The van der Waals surface area contributed by atoms with Gasteiger partial charge in [0.15, 0.2) is 0 Å². The lowest BCUT2D eigenvalue weighted by atomic mass is 10.1. The minimum absolute atomic E-state index is 0.519. The smallest absolute Gasteiger partial charge is 0.328 e. The molecule has 0 unspecified atom stereocenters. The maximum absolute atomic E-state index is 13.2. The Bertz CT molecular complexity index is 568. The number of nitrogens with one attached hydrogen (secondary N) is 1. The van der Waals surface area contributed by atoms with Gasteiger partial charge in [0.05, 0.1) is 25.5 Å². The molecule has 0 radical (unpaired) electrons. The van der Waals surface area contributed by atoms with E-state index in [4.69, 9.17) is 14.9 Å². The van der Waals surface area contributed by atoms with Gasteiger partial charge in [-0.05, 0) is 0 Å². The van der Waals surface area contributed by atoms with Crippen molar-refractivity contribution >= 4 is 0 Å². The van der Waals surface area contributed by atoms with E-state index in [9.17, 15) is 19.1 Å². The number of aromatic amines is 1. The molecule has 9 heteroatoms. The van der Waals surface area contributed by atoms with Crippen LogP contribution in [-0.2, 0) is 4.74 Å². The lowest BCUT2D eigenvalue weighted by Gasteiger charge is -2.21. The third-order valence-corrected chi connectivity index (χ3v) is 3.07. The van der Waals surface area contributed by atoms with E-state index in [1.54, 1.807) is 4.98 Å². The van der Waals surface area contributed by atoms with Gasteiger partial charge >= 0.3 is 5.69 Å². The van der Waals surface area contributed by atoms with Crippen molar-refractivity contribution in [2.45, 2.75) is 24.4 Å². The predicted octanol–water partition coefficient (Wildman–Crippen LogP) is -2.67. The van der Waals surface area contributed by atoms with Crippen LogP contribution < -0.4 is 11.2 Å². The highest BCUT2D eigenvalue weighted by atomic mass is 19.1. The van der Waals surface area contributed by atoms with Gasteiger partial charge in [0.1, 0.15) is 18.3 Å². The normalized spacial score (nSPS) is 30.7. The molecule has 0 amide bonds. The molecule has 2 heterocycles. The van der Waals surface area contributed by atoms with Crippen LogP contribution in [0.2, 0.25) is 0 Å². The second-order valence-corrected chi connectivity index (χ2v) is 4.20. The number of hydrogen-bond acceptors (Lipinski definition) is 6. The van der Waals surface area contributed by atoms with E-state index in [0.717, 1.165) is 4.57 Å². The summed E-state index contributed by atoms with van der Waals surface area (Å²) in [5.41, 5.74) is -2.11. The van der Waals surface area contributed by atoms with Gasteiger partial charge in [-0.15, -0.1) is 0 Å². The minimum Gasteiger partial charge on any atom is -0.394 e. The lowest BCUT2D eigenvalue weighted by molar-refractivity contribution is -0.0362. The number of H-pyrrole nitrogens is 1. The van der Waals surface area contributed by atoms with Crippen LogP contribution in [0.15, 0.2) is 15.8 Å². The first-order chi connectivity index (χ1) is 8.99. The Hall–Kier alpha value is -1.55. The van der Waals surface area contributed by atoms with E-state index in [2.05, 4.69) is 0 Å². The predicted molar refractivity (Wildman–Crippen MR) is 59.2 cm³/mol. The fraction of sp³-hybridized carbons (Fsp3) is 0.600. The Labute approximate surface area is 105 Å². The summed E-state index contributed by atoms with van der Waals surface area (Å²) in [6.45, 7) is -1.06. The van der Waals surface area contributed by atoms with Crippen molar-refractivity contribution in [3.05, 3.63) is 32.9 Å². The van der Waals surface area contributed by atoms with Gasteiger partial charge in [0.25, 0.3) is 5.56 Å². The van der Waals surface area contributed by atoms with Gasteiger partial charge in [-0.3, -0.25) is 14.3 Å². The molecule has 1 aromatic rings. The Kier molecular flexibility index (Phi) is 3.80. The minimum atomic E-state index is -1.31. The molecule has 8 nitrogen and oxygen atoms in total. The summed E-state index contributed by atoms with van der Waals surface area (Å²) >= 11 is 0. The molecule has 1 saturated heterocycles. The van der Waals surface area contributed by atoms with Crippen molar-refractivity contribution in [3.8, 4) is 0 Å². The van der Waals surface area contributed by atoms with Crippen LogP contribution in [-0.4, -0.2) is 56.4 Å². The SMILES string of the molecule is O=c1[nH]c(=O)n([C@H]2[C@H](O)[C@@H](CO)O[C@@H]2CO)cc1F. The maximum Gasteiger partial charge on any atom is 0.328 e. The molecule has 0 saturated carbocycles. The fourth-order valence-corrected chi connectivity index (χ4v) is 2.15. The van der Waals surface area contributed by atoms with E-state index in [-0.39, 0.29) is 0 Å². The van der Waals surface area contributed by atoms with Gasteiger partial charge in [-0.2, -0.15) is 4.39 Å². The molecule has 0 aromatic carbocycles. The van der Waals surface area contributed by atoms with Gasteiger partial charge in [-0.1, -0.05) is 0 Å². The van der Waals surface area contributed by atoms with Crippen molar-refractivity contribution in [2.75, 3.05) is 13.2 Å². The average molecular weight is 276 g/mol. The zero-order chi connectivity index (χ0) is 14.2. The Balaban J connectivity index is 2.47. The van der Waals surface area contributed by atoms with E-state index >= 15 is 0 Å². The van der Waals surface area contributed by atoms with Crippen LogP contribution in [0.4, 0.5) is 4.39 Å². The number of rotatable bonds is 3. The number of aliphatic hydroxyl groups excluding tert-OH is 3. The third kappa shape index (κ3) is 2.32. The van der Waals surface area contributed by atoms with Gasteiger partial charge < -0.3 is 20.1 Å². The van der Waals surface area contributed by atoms with Crippen LogP contribution >= 0.6 is 0 Å². The molecular weight excluding hydrogens is 263 g/mol. The van der Waals surface area contributed by atoms with Crippen molar-refractivity contribution in [1.29, 1.82) is 0 Å².